The Morgan fingerprint density at radius 2 is 2.10 bits per heavy atom. The number of hydrogen-bond acceptors (Lipinski definition) is 6. The van der Waals surface area contributed by atoms with Gasteiger partial charge in [-0.25, -0.2) is 0 Å². The number of benzene rings is 1. The van der Waals surface area contributed by atoms with E-state index in [0.717, 1.165) is 35.8 Å². The standard InChI is InChI=1S/C29H32ClF3N6O3/c1-4-23-20(11-16-13-28(2,3)34-14-16)26(42)39-27(36-25(37-39)17-5-8-19(40)9-6-17)38(23)15-24(41)35-22-10-7-18(12-21(22)30)29(31,32)33/h5,7,10-12,19,34,40H,4,6,8-9,13-15H2,1-3H3,(H,35,41)/b16-11+. The fourth-order valence-corrected chi connectivity index (χ4v) is 5.68. The van der Waals surface area contributed by atoms with Crippen molar-refractivity contribution < 1.29 is 23.1 Å². The molecule has 1 amide bonds. The number of carbonyl (C=O) groups excluding carboxylic acids is 1. The minimum Gasteiger partial charge on any atom is -0.393 e. The molecule has 1 atom stereocenters. The van der Waals surface area contributed by atoms with Gasteiger partial charge in [0.2, 0.25) is 11.7 Å². The predicted octanol–water partition coefficient (Wildman–Crippen LogP) is 4.85. The van der Waals surface area contributed by atoms with Gasteiger partial charge in [0.15, 0.2) is 5.82 Å². The summed E-state index contributed by atoms with van der Waals surface area (Å²) in [4.78, 5) is 31.7. The summed E-state index contributed by atoms with van der Waals surface area (Å²) in [5.74, 6) is -0.0576. The Balaban J connectivity index is 1.58. The Morgan fingerprint density at radius 3 is 2.69 bits per heavy atom. The van der Waals surface area contributed by atoms with Gasteiger partial charge in [0.25, 0.3) is 5.56 Å². The number of hydrogen-bond donors (Lipinski definition) is 3. The zero-order valence-electron chi connectivity index (χ0n) is 23.5. The molecule has 9 nitrogen and oxygen atoms in total. The maximum Gasteiger partial charge on any atom is 0.416 e. The van der Waals surface area contributed by atoms with Crippen LogP contribution in [0.2, 0.25) is 5.02 Å². The number of aliphatic hydroxyl groups excluding tert-OH is 1. The number of carbonyl (C=O) groups is 1. The van der Waals surface area contributed by atoms with E-state index in [4.69, 9.17) is 11.6 Å². The zero-order chi connectivity index (χ0) is 30.4. The highest BCUT2D eigenvalue weighted by Gasteiger charge is 2.31. The number of allylic oxidation sites excluding steroid dienone is 1. The molecule has 2 aliphatic rings. The minimum atomic E-state index is -4.57. The van der Waals surface area contributed by atoms with Crippen LogP contribution in [0.3, 0.4) is 0 Å². The fourth-order valence-electron chi connectivity index (χ4n) is 5.45. The van der Waals surface area contributed by atoms with E-state index >= 15 is 0 Å². The topological polar surface area (TPSA) is 114 Å². The molecule has 0 saturated carbocycles. The summed E-state index contributed by atoms with van der Waals surface area (Å²) in [6.45, 7) is 6.34. The largest absolute Gasteiger partial charge is 0.416 e. The molecule has 1 fully saturated rings. The van der Waals surface area contributed by atoms with Crippen LogP contribution in [0.4, 0.5) is 18.9 Å². The number of fused-ring (bicyclic) bond motifs is 1. The van der Waals surface area contributed by atoms with E-state index in [9.17, 15) is 27.9 Å². The molecular weight excluding hydrogens is 573 g/mol. The predicted molar refractivity (Wildman–Crippen MR) is 154 cm³/mol. The van der Waals surface area contributed by atoms with Gasteiger partial charge in [-0.3, -0.25) is 9.59 Å². The van der Waals surface area contributed by atoms with Crippen molar-refractivity contribution in [1.82, 2.24) is 24.5 Å². The molecule has 13 heteroatoms. The third-order valence-electron chi connectivity index (χ3n) is 7.58. The molecule has 1 aliphatic heterocycles. The van der Waals surface area contributed by atoms with Crippen LogP contribution in [0.15, 0.2) is 34.6 Å². The number of amides is 1. The molecule has 0 spiro atoms. The van der Waals surface area contributed by atoms with E-state index in [0.29, 0.717) is 49.3 Å². The number of nitrogens with one attached hydrogen (secondary N) is 2. The van der Waals surface area contributed by atoms with Crippen LogP contribution in [-0.2, 0) is 23.9 Å². The van der Waals surface area contributed by atoms with E-state index in [1.54, 1.807) is 4.57 Å². The molecule has 1 aromatic carbocycles. The van der Waals surface area contributed by atoms with Crippen LogP contribution in [-0.4, -0.2) is 48.4 Å². The van der Waals surface area contributed by atoms with Crippen molar-refractivity contribution in [2.75, 3.05) is 11.9 Å². The summed E-state index contributed by atoms with van der Waals surface area (Å²) in [6.07, 6.45) is 1.35. The smallest absolute Gasteiger partial charge is 0.393 e. The molecule has 3 N–H and O–H groups in total. The van der Waals surface area contributed by atoms with Crippen LogP contribution < -0.4 is 16.2 Å². The van der Waals surface area contributed by atoms with Crippen LogP contribution in [0, 0.1) is 0 Å². The Kier molecular flexibility index (Phi) is 8.08. The first-order valence-corrected chi connectivity index (χ1v) is 14.1. The second kappa shape index (κ2) is 11.3. The van der Waals surface area contributed by atoms with E-state index < -0.39 is 23.8 Å². The highest BCUT2D eigenvalue weighted by atomic mass is 35.5. The first kappa shape index (κ1) is 30.0. The molecule has 3 heterocycles. The monoisotopic (exact) mass is 604 g/mol. The molecule has 0 radical (unpaired) electrons. The number of aromatic nitrogens is 4. The van der Waals surface area contributed by atoms with Crippen molar-refractivity contribution in [2.24, 2.45) is 0 Å². The van der Waals surface area contributed by atoms with Crippen molar-refractivity contribution in [3.8, 4) is 0 Å². The van der Waals surface area contributed by atoms with E-state index in [1.807, 2.05) is 19.1 Å². The molecule has 224 valence electrons. The fraction of sp³-hybridized carbons (Fsp3) is 0.448. The summed E-state index contributed by atoms with van der Waals surface area (Å²) >= 11 is 6.07. The highest BCUT2D eigenvalue weighted by Crippen LogP contribution is 2.34. The van der Waals surface area contributed by atoms with Gasteiger partial charge in [-0.1, -0.05) is 30.2 Å². The van der Waals surface area contributed by atoms with Gasteiger partial charge >= 0.3 is 6.18 Å². The van der Waals surface area contributed by atoms with Crippen LogP contribution in [0.25, 0.3) is 17.4 Å². The van der Waals surface area contributed by atoms with Crippen molar-refractivity contribution in [1.29, 1.82) is 0 Å². The van der Waals surface area contributed by atoms with Crippen LogP contribution >= 0.6 is 11.6 Å². The maximum atomic E-state index is 13.8. The number of rotatable bonds is 6. The molecule has 42 heavy (non-hydrogen) atoms. The average Bonchev–Trinajstić information content (AvgIpc) is 3.51. The Labute approximate surface area is 245 Å². The number of alkyl halides is 3. The SMILES string of the molecule is CCc1c(/C=C2/CNC(C)(C)C2)c(=O)n2nc(C3=CCC(O)CC3)nc2n1CC(=O)Nc1ccc(C(F)(F)F)cc1Cl. The molecule has 1 unspecified atom stereocenters. The normalized spacial score (nSPS) is 19.9. The lowest BCUT2D eigenvalue weighted by Crippen LogP contribution is -2.31. The van der Waals surface area contributed by atoms with Crippen LogP contribution in [0.5, 0.6) is 0 Å². The van der Waals surface area contributed by atoms with Gasteiger partial charge in [0.1, 0.15) is 6.54 Å². The summed E-state index contributed by atoms with van der Waals surface area (Å²) in [5.41, 5.74) is 1.41. The second-order valence-electron chi connectivity index (χ2n) is 11.4. The molecule has 1 aliphatic carbocycles. The number of halogens is 4. The Bertz CT molecular complexity index is 1670. The van der Waals surface area contributed by atoms with Crippen molar-refractivity contribution in [2.45, 2.75) is 77.2 Å². The first-order valence-electron chi connectivity index (χ1n) is 13.8. The number of nitrogens with zero attached hydrogens (tertiary/aromatic N) is 4. The minimum absolute atomic E-state index is 0.0273. The lowest BCUT2D eigenvalue weighted by molar-refractivity contribution is -0.137. The highest BCUT2D eigenvalue weighted by molar-refractivity contribution is 6.33. The molecule has 5 rings (SSSR count). The van der Waals surface area contributed by atoms with Crippen molar-refractivity contribution in [3.63, 3.8) is 0 Å². The molecule has 0 bridgehead atoms. The van der Waals surface area contributed by atoms with Gasteiger partial charge < -0.3 is 20.3 Å². The van der Waals surface area contributed by atoms with E-state index in [2.05, 4.69) is 34.6 Å². The van der Waals surface area contributed by atoms with E-state index in [1.165, 1.54) is 4.52 Å². The summed E-state index contributed by atoms with van der Waals surface area (Å²) in [7, 11) is 0. The van der Waals surface area contributed by atoms with Gasteiger partial charge in [0, 0.05) is 17.8 Å². The first-order chi connectivity index (χ1) is 19.8. The van der Waals surface area contributed by atoms with Crippen LogP contribution in [0.1, 0.15) is 69.1 Å². The third kappa shape index (κ3) is 6.16. The third-order valence-corrected chi connectivity index (χ3v) is 7.89. The average molecular weight is 605 g/mol. The lowest BCUT2D eigenvalue weighted by Gasteiger charge is -2.17. The number of aliphatic hydroxyl groups is 1. The Morgan fingerprint density at radius 1 is 1.33 bits per heavy atom. The molecule has 3 aromatic rings. The zero-order valence-corrected chi connectivity index (χ0v) is 24.2. The van der Waals surface area contributed by atoms with Gasteiger partial charge in [-0.15, -0.1) is 5.10 Å². The summed E-state index contributed by atoms with van der Waals surface area (Å²) in [6, 6.07) is 2.71. The van der Waals surface area contributed by atoms with Crippen molar-refractivity contribution >= 4 is 40.6 Å². The van der Waals surface area contributed by atoms with E-state index in [-0.39, 0.29) is 34.1 Å². The second-order valence-corrected chi connectivity index (χ2v) is 11.8. The Hall–Kier alpha value is -3.48. The number of anilines is 1. The van der Waals surface area contributed by atoms with Gasteiger partial charge in [-0.05, 0) is 75.8 Å². The molecular formula is C29H32ClF3N6O3. The maximum absolute atomic E-state index is 13.8. The molecule has 2 aromatic heterocycles. The summed E-state index contributed by atoms with van der Waals surface area (Å²) in [5, 5.41) is 20.2. The van der Waals surface area contributed by atoms with Crippen molar-refractivity contribution in [3.05, 3.63) is 67.9 Å². The quantitative estimate of drug-likeness (QED) is 0.371. The van der Waals surface area contributed by atoms with Gasteiger partial charge in [0.05, 0.1) is 27.9 Å². The lowest BCUT2D eigenvalue weighted by atomic mass is 9.97. The molecule has 1 saturated heterocycles. The van der Waals surface area contributed by atoms with Gasteiger partial charge in [-0.2, -0.15) is 22.7 Å². The summed E-state index contributed by atoms with van der Waals surface area (Å²) < 4.78 is 42.0.